The Bertz CT molecular complexity index is 526. The molecule has 1 heterocycles. The number of nitrogens with zero attached hydrogens (tertiary/aromatic N) is 2. The first kappa shape index (κ1) is 16.4. The lowest BCUT2D eigenvalue weighted by atomic mass is 10.0. The zero-order valence-electron chi connectivity index (χ0n) is 12.5. The van der Waals surface area contributed by atoms with Crippen molar-refractivity contribution in [2.45, 2.75) is 19.8 Å². The molecule has 0 fully saturated rings. The number of para-hydroxylation sites is 1. The second-order valence-corrected chi connectivity index (χ2v) is 7.16. The molecular formula is C15H20N2O2S2. The predicted octanol–water partition coefficient (Wildman–Crippen LogP) is 3.54. The molecular weight excluding hydrogens is 304 g/mol. The van der Waals surface area contributed by atoms with Gasteiger partial charge in [-0.2, -0.15) is 5.06 Å². The van der Waals surface area contributed by atoms with E-state index in [9.17, 15) is 4.79 Å². The summed E-state index contributed by atoms with van der Waals surface area (Å²) in [5.74, 6) is 1.70. The van der Waals surface area contributed by atoms with Gasteiger partial charge < -0.3 is 0 Å². The number of hydroxylamine groups is 1. The van der Waals surface area contributed by atoms with E-state index in [-0.39, 0.29) is 11.8 Å². The van der Waals surface area contributed by atoms with Crippen LogP contribution in [-0.2, 0) is 9.63 Å². The van der Waals surface area contributed by atoms with Crippen molar-refractivity contribution in [3.63, 3.8) is 0 Å². The van der Waals surface area contributed by atoms with Gasteiger partial charge in [-0.1, -0.05) is 32.0 Å². The van der Waals surface area contributed by atoms with Gasteiger partial charge in [0, 0.05) is 0 Å². The van der Waals surface area contributed by atoms with Gasteiger partial charge in [0.15, 0.2) is 0 Å². The molecule has 0 N–H and O–H groups in total. The Labute approximate surface area is 134 Å². The topological polar surface area (TPSA) is 41.9 Å². The van der Waals surface area contributed by atoms with Crippen molar-refractivity contribution in [2.75, 3.05) is 30.2 Å². The van der Waals surface area contributed by atoms with Gasteiger partial charge in [-0.25, -0.2) is 0 Å². The average molecular weight is 324 g/mol. The van der Waals surface area contributed by atoms with Gasteiger partial charge in [0.2, 0.25) is 0 Å². The quantitative estimate of drug-likeness (QED) is 0.614. The van der Waals surface area contributed by atoms with Gasteiger partial charge in [-0.3, -0.25) is 14.6 Å². The highest BCUT2D eigenvalue weighted by Crippen LogP contribution is 2.37. The second kappa shape index (κ2) is 7.87. The van der Waals surface area contributed by atoms with E-state index in [1.165, 1.54) is 12.2 Å². The highest BCUT2D eigenvalue weighted by molar-refractivity contribution is 8.38. The number of amides is 1. The molecule has 1 atom stereocenters. The number of hydrogen-bond donors (Lipinski definition) is 0. The van der Waals surface area contributed by atoms with Crippen molar-refractivity contribution in [2.24, 2.45) is 4.99 Å². The van der Waals surface area contributed by atoms with Crippen LogP contribution >= 0.6 is 23.5 Å². The first-order chi connectivity index (χ1) is 10.2. The van der Waals surface area contributed by atoms with Gasteiger partial charge in [0.05, 0.1) is 25.3 Å². The first-order valence-electron chi connectivity index (χ1n) is 6.99. The highest BCUT2D eigenvalue weighted by Gasteiger charge is 2.37. The second-order valence-electron chi connectivity index (χ2n) is 4.40. The van der Waals surface area contributed by atoms with Crippen LogP contribution in [0.4, 0.5) is 5.69 Å². The number of thioether (sulfide) groups is 2. The maximum absolute atomic E-state index is 12.4. The average Bonchev–Trinajstić information content (AvgIpc) is 2.76. The predicted molar refractivity (Wildman–Crippen MR) is 92.2 cm³/mol. The molecule has 0 bridgehead atoms. The van der Waals surface area contributed by atoms with Crippen LogP contribution in [0.3, 0.4) is 0 Å². The molecule has 2 rings (SSSR count). The Kier molecular flexibility index (Phi) is 6.14. The molecule has 1 aliphatic heterocycles. The third kappa shape index (κ3) is 3.62. The SMILES string of the molecule is CCSC(=NCC1C(=O)N(OC)c2ccccc21)SCC. The molecule has 4 nitrogen and oxygen atoms in total. The van der Waals surface area contributed by atoms with Crippen molar-refractivity contribution in [1.29, 1.82) is 0 Å². The van der Waals surface area contributed by atoms with Crippen molar-refractivity contribution in [1.82, 2.24) is 0 Å². The molecule has 114 valence electrons. The fourth-order valence-corrected chi connectivity index (χ4v) is 4.14. The van der Waals surface area contributed by atoms with E-state index in [1.54, 1.807) is 23.5 Å². The summed E-state index contributed by atoms with van der Waals surface area (Å²) < 4.78 is 1.06. The molecule has 1 aromatic rings. The van der Waals surface area contributed by atoms with Crippen LogP contribution in [0.5, 0.6) is 0 Å². The minimum absolute atomic E-state index is 0.0372. The van der Waals surface area contributed by atoms with E-state index in [1.807, 2.05) is 24.3 Å². The maximum atomic E-state index is 12.4. The summed E-state index contributed by atoms with van der Waals surface area (Å²) in [7, 11) is 1.52. The molecule has 0 saturated carbocycles. The number of aliphatic imine (C=N–C) groups is 1. The molecule has 21 heavy (non-hydrogen) atoms. The number of anilines is 1. The number of benzene rings is 1. The smallest absolute Gasteiger partial charge is 0.260 e. The van der Waals surface area contributed by atoms with Crippen molar-refractivity contribution in [3.8, 4) is 0 Å². The molecule has 0 saturated heterocycles. The lowest BCUT2D eigenvalue weighted by Crippen LogP contribution is -2.28. The molecule has 0 aliphatic carbocycles. The number of carbonyl (C=O) groups is 1. The molecule has 6 heteroatoms. The van der Waals surface area contributed by atoms with E-state index >= 15 is 0 Å². The van der Waals surface area contributed by atoms with Crippen molar-refractivity contribution < 1.29 is 9.63 Å². The minimum atomic E-state index is -0.244. The van der Waals surface area contributed by atoms with E-state index in [0.717, 1.165) is 27.1 Å². The molecule has 1 aromatic carbocycles. The number of rotatable bonds is 5. The van der Waals surface area contributed by atoms with Crippen LogP contribution in [0.2, 0.25) is 0 Å². The largest absolute Gasteiger partial charge is 0.271 e. The fraction of sp³-hybridized carbons (Fsp3) is 0.467. The molecule has 0 spiro atoms. The Morgan fingerprint density at radius 2 is 1.95 bits per heavy atom. The van der Waals surface area contributed by atoms with Gasteiger partial charge in [-0.05, 0) is 23.1 Å². The fourth-order valence-electron chi connectivity index (χ4n) is 2.27. The van der Waals surface area contributed by atoms with Crippen LogP contribution in [0, 0.1) is 0 Å². The van der Waals surface area contributed by atoms with Crippen molar-refractivity contribution >= 4 is 39.5 Å². The van der Waals surface area contributed by atoms with Crippen LogP contribution in [0.25, 0.3) is 0 Å². The van der Waals surface area contributed by atoms with Crippen molar-refractivity contribution in [3.05, 3.63) is 29.8 Å². The summed E-state index contributed by atoms with van der Waals surface area (Å²) in [5, 5.41) is 1.37. The zero-order valence-corrected chi connectivity index (χ0v) is 14.2. The van der Waals surface area contributed by atoms with Gasteiger partial charge >= 0.3 is 0 Å². The van der Waals surface area contributed by atoms with Crippen LogP contribution in [0.15, 0.2) is 29.3 Å². The standard InChI is InChI=1S/C15H20N2O2S2/c1-4-20-15(21-5-2)16-10-12-11-8-6-7-9-13(11)17(19-3)14(12)18/h6-9,12H,4-5,10H2,1-3H3. The minimum Gasteiger partial charge on any atom is -0.271 e. The lowest BCUT2D eigenvalue weighted by molar-refractivity contribution is -0.124. The molecule has 1 aliphatic rings. The molecule has 1 amide bonds. The molecule has 0 radical (unpaired) electrons. The number of fused-ring (bicyclic) bond motifs is 1. The maximum Gasteiger partial charge on any atom is 0.260 e. The summed E-state index contributed by atoms with van der Waals surface area (Å²) in [6.45, 7) is 4.70. The Hall–Kier alpha value is -0.980. The summed E-state index contributed by atoms with van der Waals surface area (Å²) in [6, 6.07) is 7.74. The zero-order chi connectivity index (χ0) is 15.2. The monoisotopic (exact) mass is 324 g/mol. The number of carbonyl (C=O) groups excluding carboxylic acids is 1. The van der Waals surface area contributed by atoms with E-state index in [2.05, 4.69) is 18.8 Å². The van der Waals surface area contributed by atoms with Gasteiger partial charge in [0.1, 0.15) is 4.38 Å². The third-order valence-corrected chi connectivity index (χ3v) is 5.19. The van der Waals surface area contributed by atoms with Crippen LogP contribution in [0.1, 0.15) is 25.3 Å². The highest BCUT2D eigenvalue weighted by atomic mass is 32.2. The normalized spacial score (nSPS) is 17.0. The summed E-state index contributed by atoms with van der Waals surface area (Å²) in [4.78, 5) is 22.3. The Morgan fingerprint density at radius 1 is 1.29 bits per heavy atom. The first-order valence-corrected chi connectivity index (χ1v) is 8.97. The van der Waals surface area contributed by atoms with E-state index < -0.39 is 0 Å². The summed E-state index contributed by atoms with van der Waals surface area (Å²) in [5.41, 5.74) is 1.83. The van der Waals surface area contributed by atoms with Crippen LogP contribution in [-0.4, -0.2) is 35.4 Å². The van der Waals surface area contributed by atoms with E-state index in [4.69, 9.17) is 4.84 Å². The van der Waals surface area contributed by atoms with Gasteiger partial charge in [0.25, 0.3) is 5.91 Å². The summed E-state index contributed by atoms with van der Waals surface area (Å²) >= 11 is 3.46. The van der Waals surface area contributed by atoms with Crippen LogP contribution < -0.4 is 5.06 Å². The Balaban J connectivity index is 2.20. The van der Waals surface area contributed by atoms with Gasteiger partial charge in [-0.15, -0.1) is 23.5 Å². The molecule has 1 unspecified atom stereocenters. The number of hydrogen-bond acceptors (Lipinski definition) is 5. The third-order valence-electron chi connectivity index (χ3n) is 3.15. The lowest BCUT2D eigenvalue weighted by Gasteiger charge is -2.13. The molecule has 0 aromatic heterocycles. The Morgan fingerprint density at radius 3 is 2.57 bits per heavy atom. The summed E-state index contributed by atoms with van der Waals surface area (Å²) in [6.07, 6.45) is 0. The van der Waals surface area contributed by atoms with E-state index in [0.29, 0.717) is 6.54 Å².